The van der Waals surface area contributed by atoms with Crippen LogP contribution in [0.15, 0.2) is 47.3 Å². The van der Waals surface area contributed by atoms with E-state index in [0.29, 0.717) is 29.2 Å². The predicted molar refractivity (Wildman–Crippen MR) is 112 cm³/mol. The van der Waals surface area contributed by atoms with Gasteiger partial charge in [0.2, 0.25) is 0 Å². The van der Waals surface area contributed by atoms with Crippen molar-refractivity contribution in [3.63, 3.8) is 0 Å². The summed E-state index contributed by atoms with van der Waals surface area (Å²) in [6.07, 6.45) is 2.08. The first-order valence-corrected chi connectivity index (χ1v) is 10.1. The lowest BCUT2D eigenvalue weighted by molar-refractivity contribution is 0.166. The van der Waals surface area contributed by atoms with E-state index in [0.717, 1.165) is 38.2 Å². The molecule has 6 heteroatoms. The highest BCUT2D eigenvalue weighted by Gasteiger charge is 2.21. The lowest BCUT2D eigenvalue weighted by atomic mass is 9.96. The Morgan fingerprint density at radius 2 is 1.97 bits per heavy atom. The maximum absolute atomic E-state index is 13.4. The molecule has 5 nitrogen and oxygen atoms in total. The third-order valence-corrected chi connectivity index (χ3v) is 5.80. The molecule has 152 valence electrons. The van der Waals surface area contributed by atoms with Crippen LogP contribution < -0.4 is 10.3 Å². The topological polar surface area (TPSA) is 47.4 Å². The number of ether oxygens (including phenoxy) is 1. The second-order valence-corrected chi connectivity index (χ2v) is 7.81. The smallest absolute Gasteiger partial charge is 0.261 e. The lowest BCUT2D eigenvalue weighted by Gasteiger charge is -2.32. The second kappa shape index (κ2) is 8.33. The number of benzene rings is 2. The first kappa shape index (κ1) is 19.6. The van der Waals surface area contributed by atoms with Gasteiger partial charge in [-0.2, -0.15) is 0 Å². The highest BCUT2D eigenvalue weighted by molar-refractivity contribution is 5.77. The summed E-state index contributed by atoms with van der Waals surface area (Å²) >= 11 is 0. The molecule has 1 saturated heterocycles. The molecule has 1 fully saturated rings. The van der Waals surface area contributed by atoms with Crippen molar-refractivity contribution < 1.29 is 9.13 Å². The number of hydrogen-bond donors (Lipinski definition) is 0. The number of fused-ring (bicyclic) bond motifs is 1. The van der Waals surface area contributed by atoms with E-state index in [1.807, 2.05) is 19.1 Å². The Labute approximate surface area is 169 Å². The van der Waals surface area contributed by atoms with Crippen LogP contribution in [-0.4, -0.2) is 34.7 Å². The molecule has 1 aliphatic heterocycles. The van der Waals surface area contributed by atoms with Gasteiger partial charge in [-0.15, -0.1) is 0 Å². The van der Waals surface area contributed by atoms with Gasteiger partial charge >= 0.3 is 0 Å². The van der Waals surface area contributed by atoms with Crippen LogP contribution in [0.4, 0.5) is 4.39 Å². The van der Waals surface area contributed by atoms with Crippen molar-refractivity contribution in [1.29, 1.82) is 0 Å². The van der Waals surface area contributed by atoms with Crippen LogP contribution in [0.2, 0.25) is 0 Å². The fraction of sp³-hybridized carbons (Fsp3) is 0.391. The van der Waals surface area contributed by atoms with E-state index < -0.39 is 0 Å². The number of halogens is 1. The number of nitrogens with zero attached hydrogens (tertiary/aromatic N) is 3. The van der Waals surface area contributed by atoms with Crippen molar-refractivity contribution in [2.45, 2.75) is 32.9 Å². The van der Waals surface area contributed by atoms with Crippen molar-refractivity contribution in [2.24, 2.45) is 5.92 Å². The maximum Gasteiger partial charge on any atom is 0.261 e. The van der Waals surface area contributed by atoms with Crippen molar-refractivity contribution >= 4 is 10.9 Å². The van der Waals surface area contributed by atoms with Gasteiger partial charge in [-0.25, -0.2) is 9.37 Å². The molecular weight excluding hydrogens is 369 g/mol. The van der Waals surface area contributed by atoms with E-state index in [9.17, 15) is 9.18 Å². The first-order chi connectivity index (χ1) is 14.0. The van der Waals surface area contributed by atoms with Crippen LogP contribution in [-0.2, 0) is 13.1 Å². The van der Waals surface area contributed by atoms with Crippen LogP contribution >= 0.6 is 0 Å². The van der Waals surface area contributed by atoms with E-state index in [2.05, 4.69) is 22.0 Å². The van der Waals surface area contributed by atoms with E-state index in [-0.39, 0.29) is 11.4 Å². The van der Waals surface area contributed by atoms with E-state index in [1.54, 1.807) is 11.7 Å². The number of piperidine rings is 1. The normalized spacial score (nSPS) is 15.7. The van der Waals surface area contributed by atoms with Gasteiger partial charge in [0.05, 0.1) is 18.0 Å². The number of aromatic nitrogens is 2. The van der Waals surface area contributed by atoms with Crippen LogP contribution in [0.3, 0.4) is 0 Å². The molecule has 0 radical (unpaired) electrons. The average molecular weight is 395 g/mol. The molecule has 1 aromatic heterocycles. The van der Waals surface area contributed by atoms with Gasteiger partial charge in [-0.3, -0.25) is 14.3 Å². The summed E-state index contributed by atoms with van der Waals surface area (Å²) in [6.45, 7) is 5.40. The second-order valence-electron chi connectivity index (χ2n) is 7.81. The Bertz CT molecular complexity index is 1070. The van der Waals surface area contributed by atoms with E-state index in [4.69, 9.17) is 4.74 Å². The molecule has 0 amide bonds. The van der Waals surface area contributed by atoms with Gasteiger partial charge in [-0.05, 0) is 68.6 Å². The Morgan fingerprint density at radius 1 is 1.17 bits per heavy atom. The average Bonchev–Trinajstić information content (AvgIpc) is 2.72. The molecule has 0 atom stereocenters. The zero-order valence-electron chi connectivity index (χ0n) is 16.9. The van der Waals surface area contributed by atoms with Crippen LogP contribution in [0.25, 0.3) is 10.9 Å². The van der Waals surface area contributed by atoms with Crippen LogP contribution in [0, 0.1) is 18.7 Å². The molecule has 2 aromatic carbocycles. The van der Waals surface area contributed by atoms with Crippen molar-refractivity contribution in [3.05, 3.63) is 70.0 Å². The fourth-order valence-corrected chi connectivity index (χ4v) is 4.13. The fourth-order valence-electron chi connectivity index (χ4n) is 4.13. The van der Waals surface area contributed by atoms with Gasteiger partial charge in [0.15, 0.2) is 0 Å². The zero-order chi connectivity index (χ0) is 20.4. The summed E-state index contributed by atoms with van der Waals surface area (Å²) in [7, 11) is 1.69. The summed E-state index contributed by atoms with van der Waals surface area (Å²) in [4.78, 5) is 19.8. The number of hydrogen-bond acceptors (Lipinski definition) is 4. The minimum atomic E-state index is -0.370. The van der Waals surface area contributed by atoms with Gasteiger partial charge in [0, 0.05) is 19.2 Å². The van der Waals surface area contributed by atoms with E-state index >= 15 is 0 Å². The molecule has 0 unspecified atom stereocenters. The first-order valence-electron chi connectivity index (χ1n) is 10.1. The molecule has 0 aliphatic carbocycles. The minimum Gasteiger partial charge on any atom is -0.497 e. The molecule has 0 bridgehead atoms. The molecule has 4 rings (SSSR count). The Kier molecular flexibility index (Phi) is 5.62. The van der Waals surface area contributed by atoms with Gasteiger partial charge in [0.25, 0.3) is 5.56 Å². The Balaban J connectivity index is 1.42. The summed E-state index contributed by atoms with van der Waals surface area (Å²) in [5.41, 5.74) is 1.60. The summed E-state index contributed by atoms with van der Waals surface area (Å²) in [6, 6.07) is 12.4. The highest BCUT2D eigenvalue weighted by Crippen LogP contribution is 2.22. The molecule has 0 N–H and O–H groups in total. The summed E-state index contributed by atoms with van der Waals surface area (Å²) in [5.74, 6) is 1.60. The van der Waals surface area contributed by atoms with E-state index in [1.165, 1.54) is 23.8 Å². The third kappa shape index (κ3) is 4.32. The third-order valence-electron chi connectivity index (χ3n) is 5.80. The molecular formula is C23H26FN3O2. The number of likely N-dealkylation sites (tertiary alicyclic amines) is 1. The monoisotopic (exact) mass is 395 g/mol. The highest BCUT2D eigenvalue weighted by atomic mass is 19.1. The minimum absolute atomic E-state index is 0.0775. The quantitative estimate of drug-likeness (QED) is 0.660. The summed E-state index contributed by atoms with van der Waals surface area (Å²) in [5, 5.41) is 0.479. The van der Waals surface area contributed by atoms with Crippen LogP contribution in [0.1, 0.15) is 24.2 Å². The van der Waals surface area contributed by atoms with Crippen molar-refractivity contribution in [3.8, 4) is 5.75 Å². The number of aryl methyl sites for hydroxylation is 1. The van der Waals surface area contributed by atoms with Crippen molar-refractivity contribution in [2.75, 3.05) is 20.2 Å². The molecule has 1 aliphatic rings. The summed E-state index contributed by atoms with van der Waals surface area (Å²) < 4.78 is 20.5. The zero-order valence-corrected chi connectivity index (χ0v) is 16.9. The molecule has 29 heavy (non-hydrogen) atoms. The van der Waals surface area contributed by atoms with Crippen LogP contribution in [0.5, 0.6) is 5.75 Å². The Hall–Kier alpha value is -2.73. The number of rotatable bonds is 5. The van der Waals surface area contributed by atoms with Gasteiger partial charge < -0.3 is 4.74 Å². The standard InChI is InChI=1S/C23H26FN3O2/c1-16-25-22-13-19(24)6-7-21(22)23(28)27(16)15-17-8-10-26(11-9-17)14-18-4-3-5-20(12-18)29-2/h3-7,12-13,17H,8-11,14-15H2,1-2H3. The molecule has 0 spiro atoms. The molecule has 2 heterocycles. The molecule has 0 saturated carbocycles. The molecule has 3 aromatic rings. The van der Waals surface area contributed by atoms with Gasteiger partial charge in [-0.1, -0.05) is 12.1 Å². The Morgan fingerprint density at radius 3 is 2.72 bits per heavy atom. The lowest BCUT2D eigenvalue weighted by Crippen LogP contribution is -2.36. The largest absolute Gasteiger partial charge is 0.497 e. The predicted octanol–water partition coefficient (Wildman–Crippen LogP) is 3.76. The SMILES string of the molecule is COc1cccc(CN2CCC(Cn3c(C)nc4cc(F)ccc4c3=O)CC2)c1. The number of methoxy groups -OCH3 is 1. The maximum atomic E-state index is 13.4. The van der Waals surface area contributed by atoms with Crippen molar-refractivity contribution in [1.82, 2.24) is 14.5 Å². The van der Waals surface area contributed by atoms with Gasteiger partial charge in [0.1, 0.15) is 17.4 Å².